The Bertz CT molecular complexity index is 1290. The summed E-state index contributed by atoms with van der Waals surface area (Å²) in [6.07, 6.45) is 1.81. The fourth-order valence-corrected chi connectivity index (χ4v) is 6.76. The minimum absolute atomic E-state index is 0.0841. The zero-order valence-corrected chi connectivity index (χ0v) is 18.9. The first-order valence-corrected chi connectivity index (χ1v) is 12.4. The quantitative estimate of drug-likeness (QED) is 0.326. The number of rotatable bonds is 5. The lowest BCUT2D eigenvalue weighted by atomic mass is 10.00. The Morgan fingerprint density at radius 2 is 2.06 bits per heavy atom. The van der Waals surface area contributed by atoms with Gasteiger partial charge in [0.15, 0.2) is 0 Å². The molecule has 0 spiro atoms. The maximum absolute atomic E-state index is 12.9. The van der Waals surface area contributed by atoms with Crippen molar-refractivity contribution >= 4 is 38.3 Å². The molecule has 2 aromatic heterocycles. The molecule has 0 amide bonds. The van der Waals surface area contributed by atoms with Crippen LogP contribution in [-0.2, 0) is 21.2 Å². The molecule has 0 saturated carbocycles. The van der Waals surface area contributed by atoms with E-state index in [0.717, 1.165) is 15.8 Å². The number of benzene rings is 1. The molecule has 9 heteroatoms. The van der Waals surface area contributed by atoms with Crippen molar-refractivity contribution in [3.8, 4) is 5.75 Å². The van der Waals surface area contributed by atoms with Crippen LogP contribution in [0.3, 0.4) is 0 Å². The van der Waals surface area contributed by atoms with E-state index in [0.29, 0.717) is 31.4 Å². The van der Waals surface area contributed by atoms with E-state index in [-0.39, 0.29) is 16.5 Å². The van der Waals surface area contributed by atoms with Crippen LogP contribution in [0.5, 0.6) is 5.75 Å². The molecule has 0 bridgehead atoms. The molecule has 1 saturated heterocycles. The van der Waals surface area contributed by atoms with Gasteiger partial charge in [0.25, 0.3) is 10.0 Å². The van der Waals surface area contributed by atoms with E-state index < -0.39 is 27.5 Å². The molecule has 0 N–H and O–H groups in total. The summed E-state index contributed by atoms with van der Waals surface area (Å²) in [6.45, 7) is 4.27. The monoisotopic (exact) mass is 461 g/mol. The number of nitrogens with zero attached hydrogens (tertiary/aromatic N) is 1. The highest BCUT2D eigenvalue weighted by atomic mass is 32.2. The normalized spacial score (nSPS) is 17.7. The average molecular weight is 462 g/mol. The highest BCUT2D eigenvalue weighted by molar-refractivity contribution is 7.91. The summed E-state index contributed by atoms with van der Waals surface area (Å²) in [4.78, 5) is 25.4. The number of piperidine rings is 1. The van der Waals surface area contributed by atoms with E-state index in [1.807, 2.05) is 13.8 Å². The van der Waals surface area contributed by atoms with Crippen LogP contribution in [0.1, 0.15) is 30.2 Å². The number of esters is 1. The topological polar surface area (TPSA) is 93.9 Å². The molecule has 1 aliphatic rings. The van der Waals surface area contributed by atoms with Gasteiger partial charge in [-0.3, -0.25) is 4.79 Å². The van der Waals surface area contributed by atoms with Gasteiger partial charge >= 0.3 is 11.6 Å². The molecule has 3 heterocycles. The van der Waals surface area contributed by atoms with E-state index >= 15 is 0 Å². The number of hydrogen-bond donors (Lipinski definition) is 0. The molecular formula is C22H23NO6S2. The third-order valence-corrected chi connectivity index (χ3v) is 8.76. The Balaban J connectivity index is 1.51. The first-order valence-electron chi connectivity index (χ1n) is 10.1. The second-order valence-corrected chi connectivity index (χ2v) is 11.0. The van der Waals surface area contributed by atoms with Gasteiger partial charge in [0.1, 0.15) is 15.5 Å². The van der Waals surface area contributed by atoms with Crippen molar-refractivity contribution in [2.24, 2.45) is 5.92 Å². The largest absolute Gasteiger partial charge is 0.426 e. The highest BCUT2D eigenvalue weighted by Crippen LogP contribution is 2.29. The number of carbonyl (C=O) groups excluding carboxylic acids is 1. The zero-order valence-electron chi connectivity index (χ0n) is 17.3. The molecule has 0 radical (unpaired) electrons. The molecular weight excluding hydrogens is 438 g/mol. The summed E-state index contributed by atoms with van der Waals surface area (Å²) < 4.78 is 38.2. The van der Waals surface area contributed by atoms with Gasteiger partial charge < -0.3 is 9.15 Å². The van der Waals surface area contributed by atoms with Gasteiger partial charge in [-0.1, -0.05) is 6.92 Å². The maximum Gasteiger partial charge on any atom is 0.336 e. The first kappa shape index (κ1) is 21.7. The van der Waals surface area contributed by atoms with Crippen LogP contribution in [0.25, 0.3) is 11.0 Å². The van der Waals surface area contributed by atoms with Crippen LogP contribution in [0.4, 0.5) is 0 Å². The van der Waals surface area contributed by atoms with E-state index in [4.69, 9.17) is 9.15 Å². The molecule has 1 atom stereocenters. The lowest BCUT2D eigenvalue weighted by Gasteiger charge is -2.30. The van der Waals surface area contributed by atoms with Crippen LogP contribution in [0.15, 0.2) is 49.8 Å². The van der Waals surface area contributed by atoms with Crippen molar-refractivity contribution in [3.63, 3.8) is 0 Å². The number of carbonyl (C=O) groups is 1. The Morgan fingerprint density at radius 3 is 2.77 bits per heavy atom. The molecule has 4 rings (SSSR count). The Hall–Kier alpha value is -2.49. The van der Waals surface area contributed by atoms with Gasteiger partial charge in [-0.2, -0.15) is 4.31 Å². The summed E-state index contributed by atoms with van der Waals surface area (Å²) in [6, 6.07) is 9.78. The van der Waals surface area contributed by atoms with Gasteiger partial charge in [-0.05, 0) is 56.0 Å². The van der Waals surface area contributed by atoms with Crippen LogP contribution in [0.2, 0.25) is 0 Å². The molecule has 31 heavy (non-hydrogen) atoms. The van der Waals surface area contributed by atoms with Crippen molar-refractivity contribution in [3.05, 3.63) is 57.3 Å². The standard InChI is InChI=1S/C22H23NO6S2/c1-3-15-11-20(24)29-19-12-17(7-8-18(15)19)28-22(25)16-5-4-10-23(13-16)31(26,27)21-9-6-14(2)30-21/h6-9,11-12,16H,3-5,10,13H2,1-2H3. The molecule has 1 fully saturated rings. The lowest BCUT2D eigenvalue weighted by Crippen LogP contribution is -2.43. The summed E-state index contributed by atoms with van der Waals surface area (Å²) >= 11 is 1.22. The predicted octanol–water partition coefficient (Wildman–Crippen LogP) is 3.73. The summed E-state index contributed by atoms with van der Waals surface area (Å²) in [7, 11) is -3.63. The number of fused-ring (bicyclic) bond motifs is 1. The van der Waals surface area contributed by atoms with Crippen molar-refractivity contribution in [1.82, 2.24) is 4.31 Å². The number of thiophene rings is 1. The SMILES string of the molecule is CCc1cc(=O)oc2cc(OC(=O)C3CCCN(S(=O)(=O)c4ccc(C)s4)C3)ccc12. The molecule has 164 valence electrons. The van der Waals surface area contributed by atoms with Crippen LogP contribution in [0, 0.1) is 12.8 Å². The van der Waals surface area contributed by atoms with Gasteiger partial charge in [0.2, 0.25) is 0 Å². The number of aryl methyl sites for hydroxylation is 2. The predicted molar refractivity (Wildman–Crippen MR) is 118 cm³/mol. The smallest absolute Gasteiger partial charge is 0.336 e. The van der Waals surface area contributed by atoms with E-state index in [1.165, 1.54) is 27.8 Å². The highest BCUT2D eigenvalue weighted by Gasteiger charge is 2.35. The second-order valence-electron chi connectivity index (χ2n) is 7.59. The minimum atomic E-state index is -3.63. The molecule has 7 nitrogen and oxygen atoms in total. The number of ether oxygens (including phenoxy) is 1. The Kier molecular flexibility index (Phi) is 6.00. The van der Waals surface area contributed by atoms with E-state index in [2.05, 4.69) is 0 Å². The Labute approximate surface area is 184 Å². The van der Waals surface area contributed by atoms with E-state index in [9.17, 15) is 18.0 Å². The summed E-state index contributed by atoms with van der Waals surface area (Å²) in [5.41, 5.74) is 0.765. The second kappa shape index (κ2) is 8.57. The zero-order chi connectivity index (χ0) is 22.2. The maximum atomic E-state index is 12.9. The van der Waals surface area contributed by atoms with Gasteiger partial charge in [-0.15, -0.1) is 11.3 Å². The van der Waals surface area contributed by atoms with Crippen molar-refractivity contribution in [1.29, 1.82) is 0 Å². The lowest BCUT2D eigenvalue weighted by molar-refractivity contribution is -0.140. The van der Waals surface area contributed by atoms with Crippen molar-refractivity contribution in [2.75, 3.05) is 13.1 Å². The van der Waals surface area contributed by atoms with Crippen LogP contribution in [-0.4, -0.2) is 31.8 Å². The molecule has 1 aliphatic heterocycles. The minimum Gasteiger partial charge on any atom is -0.426 e. The molecule has 0 aliphatic carbocycles. The first-order chi connectivity index (χ1) is 14.8. The fraction of sp³-hybridized carbons (Fsp3) is 0.364. The van der Waals surface area contributed by atoms with Crippen molar-refractivity contribution < 1.29 is 22.4 Å². The number of sulfonamides is 1. The molecule has 1 aromatic carbocycles. The number of hydrogen-bond acceptors (Lipinski definition) is 7. The third kappa shape index (κ3) is 4.44. The fourth-order valence-electron chi connectivity index (χ4n) is 3.80. The van der Waals surface area contributed by atoms with Crippen LogP contribution >= 0.6 is 11.3 Å². The van der Waals surface area contributed by atoms with Gasteiger partial charge in [-0.25, -0.2) is 13.2 Å². The van der Waals surface area contributed by atoms with Gasteiger partial charge in [0.05, 0.1) is 5.92 Å². The molecule has 1 unspecified atom stereocenters. The third-order valence-electron chi connectivity index (χ3n) is 5.43. The molecule has 3 aromatic rings. The van der Waals surface area contributed by atoms with Crippen molar-refractivity contribution in [2.45, 2.75) is 37.3 Å². The average Bonchev–Trinajstić information content (AvgIpc) is 3.20. The van der Waals surface area contributed by atoms with Gasteiger partial charge in [0, 0.05) is 35.5 Å². The summed E-state index contributed by atoms with van der Waals surface area (Å²) in [5, 5.41) is 0.795. The van der Waals surface area contributed by atoms with Crippen LogP contribution < -0.4 is 10.4 Å². The summed E-state index contributed by atoms with van der Waals surface area (Å²) in [5.74, 6) is -0.785. The van der Waals surface area contributed by atoms with E-state index in [1.54, 1.807) is 24.3 Å². The Morgan fingerprint density at radius 1 is 1.26 bits per heavy atom.